The Morgan fingerprint density at radius 1 is 1.09 bits per heavy atom. The van der Waals surface area contributed by atoms with Crippen molar-refractivity contribution in [2.45, 2.75) is 32.7 Å². The molecule has 1 aliphatic carbocycles. The molecule has 6 nitrogen and oxygen atoms in total. The largest absolute Gasteiger partial charge is 0.366 e. The van der Waals surface area contributed by atoms with Crippen LogP contribution in [0.15, 0.2) is 48.7 Å². The zero-order valence-electron chi connectivity index (χ0n) is 19.0. The van der Waals surface area contributed by atoms with E-state index in [0.29, 0.717) is 5.92 Å². The van der Waals surface area contributed by atoms with Crippen LogP contribution in [0.2, 0.25) is 0 Å². The van der Waals surface area contributed by atoms with Crippen molar-refractivity contribution in [3.63, 3.8) is 0 Å². The lowest BCUT2D eigenvalue weighted by atomic mass is 9.99. The molecule has 3 aromatic rings. The minimum Gasteiger partial charge on any atom is -0.366 e. The van der Waals surface area contributed by atoms with Crippen molar-refractivity contribution >= 4 is 35.4 Å². The van der Waals surface area contributed by atoms with Crippen LogP contribution in [0.3, 0.4) is 0 Å². The number of urea groups is 1. The predicted molar refractivity (Wildman–Crippen MR) is 133 cm³/mol. The number of pyridine rings is 2. The molecule has 1 unspecified atom stereocenters. The van der Waals surface area contributed by atoms with E-state index in [-0.39, 0.29) is 12.1 Å². The summed E-state index contributed by atoms with van der Waals surface area (Å²) in [6.45, 7) is 6.00. The van der Waals surface area contributed by atoms with Crippen molar-refractivity contribution in [2.75, 3.05) is 28.2 Å². The van der Waals surface area contributed by atoms with Crippen LogP contribution in [0.1, 0.15) is 25.5 Å². The summed E-state index contributed by atoms with van der Waals surface area (Å²) in [6.07, 6.45) is 8.32. The monoisotopic (exact) mass is 437 g/mol. The van der Waals surface area contributed by atoms with E-state index < -0.39 is 0 Å². The SMILES string of the molecule is Cc1cc(-c2ccc3c(n2)N(C(=O)Nc2ccc4c(c2)=CC(C)C=4)[C@H]2CCCN3C2)ccn1. The van der Waals surface area contributed by atoms with Crippen LogP contribution in [-0.4, -0.2) is 35.1 Å². The normalized spacial score (nSPS) is 20.4. The van der Waals surface area contributed by atoms with Gasteiger partial charge in [-0.15, -0.1) is 0 Å². The summed E-state index contributed by atoms with van der Waals surface area (Å²) < 4.78 is 0. The van der Waals surface area contributed by atoms with Gasteiger partial charge in [0, 0.05) is 36.2 Å². The maximum atomic E-state index is 13.6. The second kappa shape index (κ2) is 7.73. The van der Waals surface area contributed by atoms with Crippen molar-refractivity contribution < 1.29 is 4.79 Å². The average molecular weight is 438 g/mol. The molecular weight excluding hydrogens is 410 g/mol. The Kier molecular flexibility index (Phi) is 4.68. The molecule has 166 valence electrons. The standard InChI is InChI=1S/C27H27N5O/c1-17-12-19-5-6-22(15-21(19)13-17)29-27(33)32-23-4-3-11-31(16-23)25-8-7-24(30-26(25)32)20-9-10-28-18(2)14-20/h5-10,12-15,17,23H,3-4,11,16H2,1-2H3,(H,29,33)/t17?,23-/m0/s1. The lowest BCUT2D eigenvalue weighted by Crippen LogP contribution is -2.56. The van der Waals surface area contributed by atoms with E-state index in [1.807, 2.05) is 36.1 Å². The molecule has 2 aliphatic heterocycles. The molecule has 33 heavy (non-hydrogen) atoms. The Morgan fingerprint density at radius 3 is 2.85 bits per heavy atom. The van der Waals surface area contributed by atoms with E-state index in [1.54, 1.807) is 6.20 Å². The molecule has 2 amide bonds. The third-order valence-electron chi connectivity index (χ3n) is 6.82. The molecule has 1 aromatic carbocycles. The Bertz CT molecular complexity index is 1380. The van der Waals surface area contributed by atoms with Crippen LogP contribution in [-0.2, 0) is 0 Å². The first-order valence-corrected chi connectivity index (χ1v) is 11.7. The van der Waals surface area contributed by atoms with Gasteiger partial charge >= 0.3 is 6.03 Å². The number of hydrogen-bond acceptors (Lipinski definition) is 4. The van der Waals surface area contributed by atoms with Gasteiger partial charge in [-0.1, -0.05) is 25.1 Å². The van der Waals surface area contributed by atoms with Crippen LogP contribution >= 0.6 is 0 Å². The molecule has 2 atom stereocenters. The zero-order chi connectivity index (χ0) is 22.5. The number of amides is 2. The van der Waals surface area contributed by atoms with Gasteiger partial charge in [-0.2, -0.15) is 0 Å². The van der Waals surface area contributed by atoms with Gasteiger partial charge in [0.05, 0.1) is 17.4 Å². The van der Waals surface area contributed by atoms with E-state index >= 15 is 0 Å². The molecule has 0 spiro atoms. The zero-order valence-corrected chi connectivity index (χ0v) is 19.0. The number of anilines is 3. The molecule has 1 fully saturated rings. The molecule has 1 saturated heterocycles. The maximum absolute atomic E-state index is 13.6. The molecule has 4 heterocycles. The van der Waals surface area contributed by atoms with E-state index in [4.69, 9.17) is 4.98 Å². The second-order valence-corrected chi connectivity index (χ2v) is 9.30. The lowest BCUT2D eigenvalue weighted by Gasteiger charge is -2.45. The summed E-state index contributed by atoms with van der Waals surface area (Å²) in [4.78, 5) is 27.2. The molecule has 2 aromatic heterocycles. The Morgan fingerprint density at radius 2 is 1.97 bits per heavy atom. The number of rotatable bonds is 2. The topological polar surface area (TPSA) is 61.4 Å². The molecular formula is C27H27N5O. The number of aromatic nitrogens is 2. The number of nitrogens with one attached hydrogen (secondary N) is 1. The number of fused-ring (bicyclic) bond motifs is 5. The average Bonchev–Trinajstić information content (AvgIpc) is 3.18. The van der Waals surface area contributed by atoms with Gasteiger partial charge in [0.25, 0.3) is 0 Å². The van der Waals surface area contributed by atoms with Gasteiger partial charge in [0.2, 0.25) is 0 Å². The molecule has 3 aliphatic rings. The van der Waals surface area contributed by atoms with Gasteiger partial charge in [-0.25, -0.2) is 9.78 Å². The summed E-state index contributed by atoms with van der Waals surface area (Å²) in [5.74, 6) is 1.16. The fourth-order valence-corrected chi connectivity index (χ4v) is 5.30. The fourth-order valence-electron chi connectivity index (χ4n) is 5.30. The maximum Gasteiger partial charge on any atom is 0.327 e. The van der Waals surface area contributed by atoms with Gasteiger partial charge in [-0.05, 0) is 72.5 Å². The van der Waals surface area contributed by atoms with Gasteiger partial charge in [-0.3, -0.25) is 9.88 Å². The molecule has 6 heteroatoms. The van der Waals surface area contributed by atoms with E-state index in [1.165, 1.54) is 10.4 Å². The molecule has 1 N–H and O–H groups in total. The Balaban J connectivity index is 1.38. The summed E-state index contributed by atoms with van der Waals surface area (Å²) in [6, 6.07) is 14.3. The summed E-state index contributed by atoms with van der Waals surface area (Å²) in [5.41, 5.74) is 4.66. The lowest BCUT2D eigenvalue weighted by molar-refractivity contribution is 0.252. The minimum absolute atomic E-state index is 0.113. The highest BCUT2D eigenvalue weighted by Gasteiger charge is 2.38. The third kappa shape index (κ3) is 3.55. The van der Waals surface area contributed by atoms with Crippen LogP contribution in [0.4, 0.5) is 22.0 Å². The van der Waals surface area contributed by atoms with Crippen molar-refractivity contribution in [3.05, 3.63) is 64.8 Å². The molecule has 2 bridgehead atoms. The van der Waals surface area contributed by atoms with Crippen LogP contribution in [0.25, 0.3) is 23.4 Å². The molecule has 0 radical (unpaired) electrons. The van der Waals surface area contributed by atoms with Gasteiger partial charge < -0.3 is 10.2 Å². The van der Waals surface area contributed by atoms with E-state index in [0.717, 1.165) is 60.1 Å². The van der Waals surface area contributed by atoms with E-state index in [9.17, 15) is 4.79 Å². The third-order valence-corrected chi connectivity index (χ3v) is 6.82. The number of piperidine rings is 1. The number of aryl methyl sites for hydroxylation is 1. The van der Waals surface area contributed by atoms with Crippen LogP contribution in [0, 0.1) is 12.8 Å². The number of carbonyl (C=O) groups is 1. The first kappa shape index (κ1) is 20.0. The highest BCUT2D eigenvalue weighted by molar-refractivity contribution is 6.04. The number of carbonyl (C=O) groups excluding carboxylic acids is 1. The van der Waals surface area contributed by atoms with Crippen LogP contribution in [0.5, 0.6) is 0 Å². The fraction of sp³-hybridized carbons (Fsp3) is 0.296. The Labute approximate surface area is 193 Å². The quantitative estimate of drug-likeness (QED) is 0.664. The van der Waals surface area contributed by atoms with Gasteiger partial charge in [0.15, 0.2) is 5.82 Å². The molecule has 0 saturated carbocycles. The first-order chi connectivity index (χ1) is 16.0. The predicted octanol–water partition coefficient (Wildman–Crippen LogP) is 3.68. The second-order valence-electron chi connectivity index (χ2n) is 9.30. The number of nitrogens with zero attached hydrogens (tertiary/aromatic N) is 4. The Hall–Kier alpha value is -3.67. The minimum atomic E-state index is -0.117. The summed E-state index contributed by atoms with van der Waals surface area (Å²) in [5, 5.41) is 5.56. The van der Waals surface area contributed by atoms with Crippen molar-refractivity contribution in [1.29, 1.82) is 0 Å². The first-order valence-electron chi connectivity index (χ1n) is 11.7. The van der Waals surface area contributed by atoms with Gasteiger partial charge in [0.1, 0.15) is 0 Å². The highest BCUT2D eigenvalue weighted by atomic mass is 16.2. The molecule has 6 rings (SSSR count). The highest BCUT2D eigenvalue weighted by Crippen LogP contribution is 2.39. The number of hydrogen-bond donors (Lipinski definition) is 1. The van der Waals surface area contributed by atoms with Crippen LogP contribution < -0.4 is 25.6 Å². The summed E-state index contributed by atoms with van der Waals surface area (Å²) >= 11 is 0. The van der Waals surface area contributed by atoms with Crippen molar-refractivity contribution in [2.24, 2.45) is 5.92 Å². The summed E-state index contributed by atoms with van der Waals surface area (Å²) in [7, 11) is 0. The smallest absolute Gasteiger partial charge is 0.327 e. The number of benzene rings is 1. The van der Waals surface area contributed by atoms with E-state index in [2.05, 4.69) is 52.5 Å². The van der Waals surface area contributed by atoms with Crippen molar-refractivity contribution in [3.8, 4) is 11.3 Å². The van der Waals surface area contributed by atoms with Crippen molar-refractivity contribution in [1.82, 2.24) is 9.97 Å².